The van der Waals surface area contributed by atoms with Crippen molar-refractivity contribution in [2.45, 2.75) is 32.7 Å². The van der Waals surface area contributed by atoms with Crippen LogP contribution in [0.3, 0.4) is 0 Å². The van der Waals surface area contributed by atoms with Gasteiger partial charge in [-0.25, -0.2) is 4.98 Å². The Kier molecular flexibility index (Phi) is 3.63. The summed E-state index contributed by atoms with van der Waals surface area (Å²) in [6, 6.07) is 5.36. The first-order chi connectivity index (χ1) is 8.46. The molecule has 1 aromatic heterocycles. The maximum Gasteiger partial charge on any atom is 0.269 e. The summed E-state index contributed by atoms with van der Waals surface area (Å²) in [7, 11) is 0. The summed E-state index contributed by atoms with van der Waals surface area (Å²) in [5.41, 5.74) is 1.25. The summed E-state index contributed by atoms with van der Waals surface area (Å²) in [5.74, 6) is -0.747. The average Bonchev–Trinajstić information content (AvgIpc) is 2.66. The van der Waals surface area contributed by atoms with Crippen molar-refractivity contribution in [3.05, 3.63) is 29.6 Å². The Morgan fingerprint density at radius 1 is 1.56 bits per heavy atom. The van der Waals surface area contributed by atoms with Crippen LogP contribution in [-0.4, -0.2) is 35.9 Å². The summed E-state index contributed by atoms with van der Waals surface area (Å²) in [6.45, 7) is 6.49. The fourth-order valence-corrected chi connectivity index (χ4v) is 1.83. The lowest BCUT2D eigenvalue weighted by molar-refractivity contribution is -0.137. The van der Waals surface area contributed by atoms with Gasteiger partial charge in [0.25, 0.3) is 5.91 Å². The molecule has 18 heavy (non-hydrogen) atoms. The Labute approximate surface area is 107 Å². The average molecular weight is 250 g/mol. The van der Waals surface area contributed by atoms with Gasteiger partial charge in [0.1, 0.15) is 11.8 Å². The fraction of sp³-hybridized carbons (Fsp3) is 0.538. The molecule has 5 nitrogen and oxygen atoms in total. The number of hydrogen-bond acceptors (Lipinski definition) is 4. The van der Waals surface area contributed by atoms with Crippen LogP contribution in [0.1, 0.15) is 30.0 Å². The van der Waals surface area contributed by atoms with Crippen molar-refractivity contribution in [1.82, 2.24) is 10.3 Å². The van der Waals surface area contributed by atoms with E-state index in [9.17, 15) is 4.79 Å². The van der Waals surface area contributed by atoms with E-state index in [4.69, 9.17) is 9.47 Å². The van der Waals surface area contributed by atoms with E-state index in [0.29, 0.717) is 18.8 Å². The van der Waals surface area contributed by atoms with Gasteiger partial charge in [0.05, 0.1) is 6.61 Å². The third-order valence-corrected chi connectivity index (χ3v) is 2.68. The van der Waals surface area contributed by atoms with Crippen LogP contribution in [0.15, 0.2) is 18.2 Å². The molecule has 0 bridgehead atoms. The van der Waals surface area contributed by atoms with Gasteiger partial charge in [-0.2, -0.15) is 0 Å². The molecule has 1 unspecified atom stereocenters. The Morgan fingerprint density at radius 3 is 2.94 bits per heavy atom. The van der Waals surface area contributed by atoms with Crippen LogP contribution in [0.4, 0.5) is 0 Å². The van der Waals surface area contributed by atoms with Crippen LogP contribution in [0.5, 0.6) is 0 Å². The first kappa shape index (κ1) is 13.0. The molecule has 1 atom stereocenters. The number of pyridine rings is 1. The second-order valence-corrected chi connectivity index (χ2v) is 4.82. The summed E-state index contributed by atoms with van der Waals surface area (Å²) >= 11 is 0. The Bertz CT molecular complexity index is 446. The van der Waals surface area contributed by atoms with Crippen LogP contribution in [0.25, 0.3) is 0 Å². The summed E-state index contributed by atoms with van der Waals surface area (Å²) in [4.78, 5) is 16.0. The molecule has 1 fully saturated rings. The summed E-state index contributed by atoms with van der Waals surface area (Å²) < 4.78 is 11.0. The molecule has 98 valence electrons. The largest absolute Gasteiger partial charge is 0.348 e. The quantitative estimate of drug-likeness (QED) is 0.877. The van der Waals surface area contributed by atoms with E-state index in [-0.39, 0.29) is 12.0 Å². The lowest BCUT2D eigenvalue weighted by Gasteiger charge is -2.17. The van der Waals surface area contributed by atoms with Gasteiger partial charge in [-0.15, -0.1) is 0 Å². The molecule has 0 radical (unpaired) electrons. The number of carbonyl (C=O) groups is 1. The van der Waals surface area contributed by atoms with Gasteiger partial charge in [-0.1, -0.05) is 6.07 Å². The topological polar surface area (TPSA) is 60.5 Å². The van der Waals surface area contributed by atoms with E-state index in [2.05, 4.69) is 10.3 Å². The number of rotatable bonds is 3. The summed E-state index contributed by atoms with van der Waals surface area (Å²) in [6.07, 6.45) is -0.103. The third-order valence-electron chi connectivity index (χ3n) is 2.68. The number of aryl methyl sites for hydroxylation is 1. The van der Waals surface area contributed by atoms with E-state index in [1.165, 1.54) is 0 Å². The number of amides is 1. The molecule has 0 spiro atoms. The number of ether oxygens (including phenoxy) is 2. The highest BCUT2D eigenvalue weighted by Gasteiger charge is 2.32. The molecule has 1 saturated heterocycles. The maximum atomic E-state index is 11.8. The lowest BCUT2D eigenvalue weighted by Crippen LogP contribution is -2.34. The normalized spacial score (nSPS) is 21.8. The van der Waals surface area contributed by atoms with E-state index < -0.39 is 5.79 Å². The molecule has 1 aliphatic heterocycles. The van der Waals surface area contributed by atoms with Gasteiger partial charge >= 0.3 is 0 Å². The second-order valence-electron chi connectivity index (χ2n) is 4.82. The van der Waals surface area contributed by atoms with E-state index in [1.807, 2.05) is 32.9 Å². The first-order valence-corrected chi connectivity index (χ1v) is 6.00. The predicted octanol–water partition coefficient (Wildman–Crippen LogP) is 1.27. The highest BCUT2D eigenvalue weighted by atomic mass is 16.7. The number of nitrogens with one attached hydrogen (secondary N) is 1. The Morgan fingerprint density at radius 2 is 2.33 bits per heavy atom. The minimum atomic E-state index is -0.559. The Balaban J connectivity index is 1.86. The van der Waals surface area contributed by atoms with Crippen LogP contribution in [-0.2, 0) is 9.47 Å². The van der Waals surface area contributed by atoms with Crippen molar-refractivity contribution in [2.75, 3.05) is 13.2 Å². The molecule has 2 heterocycles. The van der Waals surface area contributed by atoms with Crippen molar-refractivity contribution < 1.29 is 14.3 Å². The molecular formula is C13H18N2O3. The van der Waals surface area contributed by atoms with Crippen LogP contribution >= 0.6 is 0 Å². The SMILES string of the molecule is Cc1cccc(C(=O)NCC2COC(C)(C)O2)n1. The number of aromatic nitrogens is 1. The molecular weight excluding hydrogens is 232 g/mol. The van der Waals surface area contributed by atoms with Crippen molar-refractivity contribution in [3.63, 3.8) is 0 Å². The fourth-order valence-electron chi connectivity index (χ4n) is 1.83. The highest BCUT2D eigenvalue weighted by Crippen LogP contribution is 2.21. The monoisotopic (exact) mass is 250 g/mol. The van der Waals surface area contributed by atoms with Gasteiger partial charge in [0, 0.05) is 12.2 Å². The molecule has 1 N–H and O–H groups in total. The van der Waals surface area contributed by atoms with Crippen LogP contribution in [0.2, 0.25) is 0 Å². The minimum Gasteiger partial charge on any atom is -0.348 e. The third kappa shape index (κ3) is 3.27. The van der Waals surface area contributed by atoms with Gasteiger partial charge in [0.15, 0.2) is 5.79 Å². The zero-order valence-corrected chi connectivity index (χ0v) is 10.9. The van der Waals surface area contributed by atoms with E-state index in [0.717, 1.165) is 5.69 Å². The number of carbonyl (C=O) groups excluding carboxylic acids is 1. The predicted molar refractivity (Wildman–Crippen MR) is 66.2 cm³/mol. The molecule has 2 rings (SSSR count). The van der Waals surface area contributed by atoms with E-state index in [1.54, 1.807) is 6.07 Å². The van der Waals surface area contributed by atoms with Crippen molar-refractivity contribution in [3.8, 4) is 0 Å². The van der Waals surface area contributed by atoms with Crippen LogP contribution < -0.4 is 5.32 Å². The standard InChI is InChI=1S/C13H18N2O3/c1-9-5-4-6-11(15-9)12(16)14-7-10-8-17-13(2,3)18-10/h4-6,10H,7-8H2,1-3H3,(H,14,16). The molecule has 1 aromatic rings. The smallest absolute Gasteiger partial charge is 0.269 e. The molecule has 0 aromatic carbocycles. The van der Waals surface area contributed by atoms with Gasteiger partial charge in [0.2, 0.25) is 0 Å². The zero-order valence-electron chi connectivity index (χ0n) is 10.9. The molecule has 1 amide bonds. The molecule has 5 heteroatoms. The molecule has 1 aliphatic rings. The first-order valence-electron chi connectivity index (χ1n) is 6.00. The van der Waals surface area contributed by atoms with Crippen molar-refractivity contribution in [2.24, 2.45) is 0 Å². The zero-order chi connectivity index (χ0) is 13.2. The summed E-state index contributed by atoms with van der Waals surface area (Å²) in [5, 5.41) is 2.80. The van der Waals surface area contributed by atoms with Gasteiger partial charge in [-0.05, 0) is 32.9 Å². The molecule has 0 aliphatic carbocycles. The Hall–Kier alpha value is -1.46. The lowest BCUT2D eigenvalue weighted by atomic mass is 10.3. The van der Waals surface area contributed by atoms with Crippen molar-refractivity contribution in [1.29, 1.82) is 0 Å². The maximum absolute atomic E-state index is 11.8. The molecule has 0 saturated carbocycles. The van der Waals surface area contributed by atoms with Crippen LogP contribution in [0, 0.1) is 6.92 Å². The second kappa shape index (κ2) is 5.04. The number of hydrogen-bond donors (Lipinski definition) is 1. The van der Waals surface area contributed by atoms with Crippen molar-refractivity contribution >= 4 is 5.91 Å². The minimum absolute atomic E-state index is 0.103. The van der Waals surface area contributed by atoms with Gasteiger partial charge in [-0.3, -0.25) is 4.79 Å². The number of nitrogens with zero attached hydrogens (tertiary/aromatic N) is 1. The van der Waals surface area contributed by atoms with E-state index >= 15 is 0 Å². The highest BCUT2D eigenvalue weighted by molar-refractivity contribution is 5.92. The van der Waals surface area contributed by atoms with Gasteiger partial charge < -0.3 is 14.8 Å².